The summed E-state index contributed by atoms with van der Waals surface area (Å²) in [6.07, 6.45) is 8.01. The number of hydrogen-bond acceptors (Lipinski definition) is 6. The van der Waals surface area contributed by atoms with Crippen LogP contribution in [0.1, 0.15) is 70.8 Å². The maximum absolute atomic E-state index is 13.1. The van der Waals surface area contributed by atoms with Crippen molar-refractivity contribution in [3.63, 3.8) is 0 Å². The fourth-order valence-electron chi connectivity index (χ4n) is 7.89. The number of benzene rings is 1. The third-order valence-electron chi connectivity index (χ3n) is 9.68. The minimum Gasteiger partial charge on any atom is -0.465 e. The number of hydrogen-bond donors (Lipinski definition) is 0. The van der Waals surface area contributed by atoms with E-state index in [9.17, 15) is 18.0 Å². The lowest BCUT2D eigenvalue weighted by Crippen LogP contribution is -2.54. The minimum atomic E-state index is -3.84. The maximum Gasteiger partial charge on any atom is 0.302 e. The van der Waals surface area contributed by atoms with Crippen LogP contribution in [0.4, 0.5) is 0 Å². The summed E-state index contributed by atoms with van der Waals surface area (Å²) in [6, 6.07) is 6.83. The van der Waals surface area contributed by atoms with Crippen molar-refractivity contribution in [1.82, 2.24) is 0 Å². The molecule has 190 valence electrons. The molecule has 5 rings (SSSR count). The van der Waals surface area contributed by atoms with Gasteiger partial charge in [0.15, 0.2) is 5.78 Å². The number of fused-ring (bicyclic) bond motifs is 5. The first kappa shape index (κ1) is 24.7. The van der Waals surface area contributed by atoms with E-state index in [4.69, 9.17) is 8.92 Å². The Kier molecular flexibility index (Phi) is 6.24. The zero-order valence-electron chi connectivity index (χ0n) is 20.9. The molecule has 3 saturated carbocycles. The van der Waals surface area contributed by atoms with Crippen molar-refractivity contribution in [2.45, 2.75) is 83.1 Å². The zero-order valence-corrected chi connectivity index (χ0v) is 21.7. The van der Waals surface area contributed by atoms with Crippen molar-refractivity contribution in [2.24, 2.45) is 28.6 Å². The predicted octanol–water partition coefficient (Wildman–Crippen LogP) is 5.14. The number of carbonyl (C=O) groups excluding carboxylic acids is 2. The van der Waals surface area contributed by atoms with Crippen molar-refractivity contribution in [2.75, 3.05) is 6.61 Å². The van der Waals surface area contributed by atoms with Gasteiger partial charge in [-0.2, -0.15) is 8.42 Å². The highest BCUT2D eigenvalue weighted by molar-refractivity contribution is 7.86. The van der Waals surface area contributed by atoms with Gasteiger partial charge < -0.3 is 4.74 Å². The van der Waals surface area contributed by atoms with Crippen LogP contribution in [0, 0.1) is 35.5 Å². The number of ketones is 1. The van der Waals surface area contributed by atoms with Crippen molar-refractivity contribution in [3.05, 3.63) is 41.5 Å². The molecule has 0 radical (unpaired) electrons. The third kappa shape index (κ3) is 4.18. The average molecular weight is 501 g/mol. The standard InChI is InChI=1S/C28H36O6S/c1-18-4-7-22(8-5-18)35(31,32)34-26-11-10-24-23-9-6-20-16-21(30)12-15-28(20,17-33-19(2)29)25(23)13-14-27(24,26)3/h4-5,7-8,16,23-26H,6,9-15,17H2,1-3H3/t23-,24-,25-,26-,27-,28+/m0/s1. The minimum absolute atomic E-state index is 0.174. The highest BCUT2D eigenvalue weighted by atomic mass is 32.2. The molecular formula is C28H36O6S. The molecule has 1 aromatic rings. The van der Waals surface area contributed by atoms with Gasteiger partial charge in [-0.3, -0.25) is 13.8 Å². The van der Waals surface area contributed by atoms with Gasteiger partial charge in [0.2, 0.25) is 0 Å². The number of aryl methyl sites for hydroxylation is 1. The van der Waals surface area contributed by atoms with Gasteiger partial charge in [0.25, 0.3) is 10.1 Å². The Morgan fingerprint density at radius 3 is 2.49 bits per heavy atom. The summed E-state index contributed by atoms with van der Waals surface area (Å²) in [7, 11) is -3.84. The Morgan fingerprint density at radius 2 is 1.77 bits per heavy atom. The predicted molar refractivity (Wildman–Crippen MR) is 131 cm³/mol. The van der Waals surface area contributed by atoms with Crippen LogP contribution in [0.15, 0.2) is 40.8 Å². The molecule has 0 aliphatic heterocycles. The first-order valence-electron chi connectivity index (χ1n) is 12.9. The van der Waals surface area contributed by atoms with E-state index in [0.29, 0.717) is 30.8 Å². The second-order valence-electron chi connectivity index (χ2n) is 11.5. The quantitative estimate of drug-likeness (QED) is 0.411. The highest BCUT2D eigenvalue weighted by Gasteiger charge is 2.61. The number of esters is 1. The van der Waals surface area contributed by atoms with Crippen molar-refractivity contribution in [1.29, 1.82) is 0 Å². The summed E-state index contributed by atoms with van der Waals surface area (Å²) in [4.78, 5) is 24.2. The summed E-state index contributed by atoms with van der Waals surface area (Å²) in [6.45, 7) is 5.93. The molecular weight excluding hydrogens is 464 g/mol. The summed E-state index contributed by atoms with van der Waals surface area (Å²) >= 11 is 0. The molecule has 6 nitrogen and oxygen atoms in total. The van der Waals surface area contributed by atoms with Crippen molar-refractivity contribution >= 4 is 21.9 Å². The first-order valence-corrected chi connectivity index (χ1v) is 14.3. The monoisotopic (exact) mass is 500 g/mol. The molecule has 3 fully saturated rings. The summed E-state index contributed by atoms with van der Waals surface area (Å²) in [5.74, 6) is 0.987. The summed E-state index contributed by atoms with van der Waals surface area (Å²) in [5.41, 5.74) is 1.69. The second-order valence-corrected chi connectivity index (χ2v) is 13.0. The molecule has 4 aliphatic carbocycles. The lowest BCUT2D eigenvalue weighted by Gasteiger charge is -2.58. The fourth-order valence-corrected chi connectivity index (χ4v) is 9.09. The van der Waals surface area contributed by atoms with Gasteiger partial charge in [0.1, 0.15) is 6.61 Å². The van der Waals surface area contributed by atoms with Crippen LogP contribution in [-0.2, 0) is 28.6 Å². The number of rotatable bonds is 5. The molecule has 0 heterocycles. The Morgan fingerprint density at radius 1 is 1.03 bits per heavy atom. The molecule has 0 unspecified atom stereocenters. The van der Waals surface area contributed by atoms with E-state index in [1.165, 1.54) is 6.92 Å². The van der Waals surface area contributed by atoms with Gasteiger partial charge in [-0.25, -0.2) is 0 Å². The van der Waals surface area contributed by atoms with Crippen LogP contribution >= 0.6 is 0 Å². The van der Waals surface area contributed by atoms with Gasteiger partial charge >= 0.3 is 5.97 Å². The topological polar surface area (TPSA) is 86.7 Å². The van der Waals surface area contributed by atoms with Crippen molar-refractivity contribution in [3.8, 4) is 0 Å². The molecule has 7 heteroatoms. The smallest absolute Gasteiger partial charge is 0.302 e. The Hall–Kier alpha value is -1.99. The Labute approximate surface area is 208 Å². The van der Waals surface area contributed by atoms with E-state index in [1.807, 2.05) is 13.0 Å². The zero-order chi connectivity index (χ0) is 25.0. The van der Waals surface area contributed by atoms with E-state index < -0.39 is 10.1 Å². The van der Waals surface area contributed by atoms with E-state index in [0.717, 1.165) is 56.1 Å². The molecule has 4 aliphatic rings. The van der Waals surface area contributed by atoms with E-state index in [1.54, 1.807) is 24.3 Å². The van der Waals surface area contributed by atoms with Crippen LogP contribution < -0.4 is 0 Å². The van der Waals surface area contributed by atoms with Crippen LogP contribution in [0.5, 0.6) is 0 Å². The van der Waals surface area contributed by atoms with E-state index in [2.05, 4.69) is 6.92 Å². The second kappa shape index (κ2) is 8.84. The molecule has 0 amide bonds. The van der Waals surface area contributed by atoms with Gasteiger partial charge in [0.05, 0.1) is 11.0 Å². The van der Waals surface area contributed by atoms with Crippen LogP contribution in [0.3, 0.4) is 0 Å². The fraction of sp³-hybridized carbons (Fsp3) is 0.643. The van der Waals surface area contributed by atoms with Crippen LogP contribution in [0.25, 0.3) is 0 Å². The SMILES string of the molecule is CC(=O)OC[C@]12CCC(=O)C=C1CC[C@@H]1[C@@H]2CC[C@]2(C)[C@@H](OS(=O)(=O)c3ccc(C)cc3)CC[C@@H]12. The first-order chi connectivity index (χ1) is 16.5. The molecule has 1 aromatic carbocycles. The van der Waals surface area contributed by atoms with Crippen LogP contribution in [0.2, 0.25) is 0 Å². The van der Waals surface area contributed by atoms with E-state index in [-0.39, 0.29) is 33.6 Å². The van der Waals surface area contributed by atoms with Crippen LogP contribution in [-0.4, -0.2) is 32.9 Å². The molecule has 0 saturated heterocycles. The normalized spacial score (nSPS) is 36.5. The Bertz CT molecular complexity index is 1150. The lowest BCUT2D eigenvalue weighted by molar-refractivity contribution is -0.150. The lowest BCUT2D eigenvalue weighted by atomic mass is 9.47. The van der Waals surface area contributed by atoms with Gasteiger partial charge in [-0.1, -0.05) is 30.2 Å². The molecule has 0 bridgehead atoms. The molecule has 6 atom stereocenters. The highest BCUT2D eigenvalue weighted by Crippen LogP contribution is 2.66. The maximum atomic E-state index is 13.1. The summed E-state index contributed by atoms with van der Waals surface area (Å²) in [5, 5.41) is 0. The third-order valence-corrected chi connectivity index (χ3v) is 11.0. The summed E-state index contributed by atoms with van der Waals surface area (Å²) < 4.78 is 37.8. The Balaban J connectivity index is 1.41. The molecule has 0 aromatic heterocycles. The average Bonchev–Trinajstić information content (AvgIpc) is 3.13. The molecule has 0 spiro atoms. The van der Waals surface area contributed by atoms with E-state index >= 15 is 0 Å². The molecule has 35 heavy (non-hydrogen) atoms. The van der Waals surface area contributed by atoms with Crippen molar-refractivity contribution < 1.29 is 26.9 Å². The largest absolute Gasteiger partial charge is 0.465 e. The van der Waals surface area contributed by atoms with Gasteiger partial charge in [-0.05, 0) is 93.2 Å². The number of carbonyl (C=O) groups is 2. The van der Waals surface area contributed by atoms with Gasteiger partial charge in [0, 0.05) is 18.8 Å². The van der Waals surface area contributed by atoms with Gasteiger partial charge in [-0.15, -0.1) is 0 Å². The number of ether oxygens (including phenoxy) is 1. The molecule has 0 N–H and O–H groups in total.